The zero-order chi connectivity index (χ0) is 34.1. The van der Waals surface area contributed by atoms with Gasteiger partial charge in [-0.3, -0.25) is 4.98 Å². The summed E-state index contributed by atoms with van der Waals surface area (Å²) >= 11 is 0. The molecule has 0 amide bonds. The van der Waals surface area contributed by atoms with Crippen LogP contribution in [0.2, 0.25) is 0 Å². The number of rotatable bonds is 9. The van der Waals surface area contributed by atoms with E-state index in [1.807, 2.05) is 18.2 Å². The molecule has 4 aromatic carbocycles. The van der Waals surface area contributed by atoms with Crippen LogP contribution in [-0.2, 0) is 27.6 Å². The van der Waals surface area contributed by atoms with Crippen molar-refractivity contribution in [3.63, 3.8) is 0 Å². The van der Waals surface area contributed by atoms with Gasteiger partial charge in [-0.25, -0.2) is 8.42 Å². The first-order chi connectivity index (χ1) is 22.2. The van der Waals surface area contributed by atoms with Crippen molar-refractivity contribution in [1.82, 2.24) is 4.98 Å². The van der Waals surface area contributed by atoms with Gasteiger partial charge in [-0.05, 0) is 132 Å². The van der Waals surface area contributed by atoms with E-state index < -0.39 is 10.1 Å². The highest BCUT2D eigenvalue weighted by atomic mass is 32.2. The Kier molecular flexibility index (Phi) is 11.7. The lowest BCUT2D eigenvalue weighted by atomic mass is 10.2. The first kappa shape index (κ1) is 35.5. The molecule has 0 N–H and O–H groups in total. The Bertz CT molecular complexity index is 1740. The van der Waals surface area contributed by atoms with Crippen LogP contribution in [0.15, 0.2) is 147 Å². The Morgan fingerprint density at radius 3 is 1.57 bits per heavy atom. The second-order valence-corrected chi connectivity index (χ2v) is 16.0. The predicted molar refractivity (Wildman–Crippen MR) is 185 cm³/mol. The summed E-state index contributed by atoms with van der Waals surface area (Å²) in [6.45, 7) is 12.9. The molecule has 0 saturated heterocycles. The second kappa shape index (κ2) is 15.5. The summed E-state index contributed by atoms with van der Waals surface area (Å²) < 4.78 is 49.1. The molecule has 0 aliphatic heterocycles. The van der Waals surface area contributed by atoms with Crippen molar-refractivity contribution in [3.05, 3.63) is 133 Å². The fourth-order valence-electron chi connectivity index (χ4n) is 4.33. The fraction of sp³-hybridized carbons (Fsp3) is 0.237. The molecule has 0 spiro atoms. The van der Waals surface area contributed by atoms with Gasteiger partial charge in [-0.15, -0.1) is 0 Å². The monoisotopic (exact) mass is 671 g/mol. The Morgan fingerprint density at radius 1 is 0.617 bits per heavy atom. The molecule has 246 valence electrons. The average molecular weight is 672 g/mol. The summed E-state index contributed by atoms with van der Waals surface area (Å²) in [5.41, 5.74) is 0.599. The molecule has 0 aliphatic rings. The van der Waals surface area contributed by atoms with Crippen molar-refractivity contribution < 1.29 is 27.2 Å². The standard InChI is InChI=1S/C32H36NO3S.C6H6O3S/c1-31(2,3)35-25-10-14-28(15-11-25)37(29-16-12-26(13-17-29)36-32(4,5)6)30-9-7-8-27(22-30)34-23-24-18-20-33-21-19-24;7-10(8,9)6-4-2-1-3-5-6/h7-22H,23H2,1-6H3;1-5H,(H,7,8,9)/q+1;/p-1. The lowest BCUT2D eigenvalue weighted by Gasteiger charge is -2.21. The molecule has 7 nitrogen and oxygen atoms in total. The highest BCUT2D eigenvalue weighted by Crippen LogP contribution is 2.35. The molecule has 1 aromatic heterocycles. The summed E-state index contributed by atoms with van der Waals surface area (Å²) in [7, 11) is -4.59. The van der Waals surface area contributed by atoms with Gasteiger partial charge in [0.25, 0.3) is 0 Å². The third-order valence-corrected chi connectivity index (χ3v) is 9.26. The Balaban J connectivity index is 0.000000427. The summed E-state index contributed by atoms with van der Waals surface area (Å²) in [4.78, 5) is 7.49. The van der Waals surface area contributed by atoms with Crippen molar-refractivity contribution in [3.8, 4) is 17.2 Å². The van der Waals surface area contributed by atoms with Gasteiger partial charge in [0.2, 0.25) is 0 Å². The molecule has 0 atom stereocenters. The van der Waals surface area contributed by atoms with E-state index in [0.29, 0.717) is 6.61 Å². The molecule has 1 heterocycles. The van der Waals surface area contributed by atoms with E-state index >= 15 is 0 Å². The van der Waals surface area contributed by atoms with E-state index in [2.05, 4.69) is 113 Å². The van der Waals surface area contributed by atoms with Crippen LogP contribution in [0.1, 0.15) is 47.1 Å². The normalized spacial score (nSPS) is 11.7. The maximum atomic E-state index is 10.3. The molecule has 0 bridgehead atoms. The lowest BCUT2D eigenvalue weighted by Crippen LogP contribution is -2.23. The molecule has 0 radical (unpaired) electrons. The van der Waals surface area contributed by atoms with Crippen LogP contribution in [0.5, 0.6) is 17.2 Å². The van der Waals surface area contributed by atoms with Gasteiger partial charge in [0.15, 0.2) is 14.7 Å². The number of nitrogens with zero attached hydrogens (tertiary/aromatic N) is 1. The maximum absolute atomic E-state index is 10.3. The molecular formula is C38H41NO6S2. The van der Waals surface area contributed by atoms with E-state index in [9.17, 15) is 13.0 Å². The lowest BCUT2D eigenvalue weighted by molar-refractivity contribution is 0.130. The molecule has 0 unspecified atom stereocenters. The van der Waals surface area contributed by atoms with Crippen LogP contribution in [-0.4, -0.2) is 29.2 Å². The molecule has 5 rings (SSSR count). The quantitative estimate of drug-likeness (QED) is 0.114. The average Bonchev–Trinajstić information content (AvgIpc) is 3.02. The zero-order valence-corrected chi connectivity index (χ0v) is 29.2. The topological polar surface area (TPSA) is 97.8 Å². The van der Waals surface area contributed by atoms with E-state index in [4.69, 9.17) is 14.2 Å². The number of ether oxygens (including phenoxy) is 3. The highest BCUT2D eigenvalue weighted by Gasteiger charge is 2.30. The number of hydrogen-bond acceptors (Lipinski definition) is 7. The van der Waals surface area contributed by atoms with E-state index in [0.717, 1.165) is 22.8 Å². The predicted octanol–water partition coefficient (Wildman–Crippen LogP) is 8.70. The molecule has 9 heteroatoms. The molecule has 0 aliphatic carbocycles. The van der Waals surface area contributed by atoms with Crippen molar-refractivity contribution in [1.29, 1.82) is 0 Å². The van der Waals surface area contributed by atoms with Gasteiger partial charge < -0.3 is 18.8 Å². The van der Waals surface area contributed by atoms with Crippen LogP contribution in [0.25, 0.3) is 0 Å². The van der Waals surface area contributed by atoms with E-state index in [1.165, 1.54) is 39.0 Å². The number of aromatic nitrogens is 1. The van der Waals surface area contributed by atoms with Gasteiger partial charge in [0.1, 0.15) is 45.2 Å². The van der Waals surface area contributed by atoms with Crippen LogP contribution < -0.4 is 14.2 Å². The van der Waals surface area contributed by atoms with Crippen molar-refractivity contribution in [2.24, 2.45) is 0 Å². The summed E-state index contributed by atoms with van der Waals surface area (Å²) in [6.07, 6.45) is 3.57. The first-order valence-corrected chi connectivity index (χ1v) is 17.7. The largest absolute Gasteiger partial charge is 0.744 e. The second-order valence-electron chi connectivity index (χ2n) is 12.6. The number of hydrogen-bond donors (Lipinski definition) is 0. The Labute approximate surface area is 281 Å². The third kappa shape index (κ3) is 11.8. The number of pyridine rings is 1. The zero-order valence-electron chi connectivity index (χ0n) is 27.5. The van der Waals surface area contributed by atoms with Crippen molar-refractivity contribution >= 4 is 21.0 Å². The Hall–Kier alpha value is -4.31. The summed E-state index contributed by atoms with van der Waals surface area (Å²) in [6, 6.07) is 36.4. The molecular weight excluding hydrogens is 631 g/mol. The van der Waals surface area contributed by atoms with E-state index in [1.54, 1.807) is 18.5 Å². The smallest absolute Gasteiger partial charge is 0.170 e. The van der Waals surface area contributed by atoms with Gasteiger partial charge in [0, 0.05) is 18.5 Å². The minimum Gasteiger partial charge on any atom is -0.744 e. The Morgan fingerprint density at radius 2 is 1.13 bits per heavy atom. The van der Waals surface area contributed by atoms with Gasteiger partial charge >= 0.3 is 0 Å². The summed E-state index contributed by atoms with van der Waals surface area (Å²) in [5, 5.41) is 0. The van der Waals surface area contributed by atoms with Gasteiger partial charge in [-0.2, -0.15) is 0 Å². The van der Waals surface area contributed by atoms with Crippen molar-refractivity contribution in [2.75, 3.05) is 0 Å². The van der Waals surface area contributed by atoms with Crippen LogP contribution in [0.4, 0.5) is 0 Å². The fourth-order valence-corrected chi connectivity index (χ4v) is 6.90. The van der Waals surface area contributed by atoms with Gasteiger partial charge in [0.05, 0.1) is 15.8 Å². The van der Waals surface area contributed by atoms with Crippen molar-refractivity contribution in [2.45, 2.75) is 78.9 Å². The maximum Gasteiger partial charge on any atom is 0.170 e. The number of benzene rings is 4. The van der Waals surface area contributed by atoms with Crippen LogP contribution >= 0.6 is 0 Å². The van der Waals surface area contributed by atoms with Gasteiger partial charge in [-0.1, -0.05) is 24.3 Å². The molecule has 5 aromatic rings. The molecule has 0 fully saturated rings. The summed E-state index contributed by atoms with van der Waals surface area (Å²) in [5.74, 6) is 2.57. The van der Waals surface area contributed by atoms with E-state index in [-0.39, 0.29) is 27.0 Å². The first-order valence-electron chi connectivity index (χ1n) is 15.1. The van der Waals surface area contributed by atoms with Crippen LogP contribution in [0, 0.1) is 0 Å². The minimum absolute atomic E-state index is 0.185. The molecule has 0 saturated carbocycles. The minimum atomic E-state index is -4.25. The highest BCUT2D eigenvalue weighted by molar-refractivity contribution is 7.97. The van der Waals surface area contributed by atoms with Crippen LogP contribution in [0.3, 0.4) is 0 Å². The SMILES string of the molecule is CC(C)(C)Oc1ccc([S+](c2ccc(OC(C)(C)C)cc2)c2cccc(OCc3ccncc3)c2)cc1.O=S(=O)([O-])c1ccccc1. The third-order valence-electron chi connectivity index (χ3n) is 6.19. The molecule has 47 heavy (non-hydrogen) atoms.